The van der Waals surface area contributed by atoms with Crippen LogP contribution in [0.3, 0.4) is 0 Å². The number of thiazole rings is 2. The first-order valence-corrected chi connectivity index (χ1v) is 53.6. The molecule has 0 radical (unpaired) electrons. The van der Waals surface area contributed by atoms with Gasteiger partial charge in [0.2, 0.25) is 25.3 Å². The van der Waals surface area contributed by atoms with Crippen LogP contribution in [0.5, 0.6) is 0 Å². The molecule has 1 saturated heterocycles. The number of benzene rings is 6. The Hall–Kier alpha value is -11.3. The minimum Gasteiger partial charge on any atom is -0.393 e. The molecule has 6 aromatic carbocycles. The van der Waals surface area contributed by atoms with Crippen molar-refractivity contribution in [2.75, 3.05) is 106 Å². The van der Waals surface area contributed by atoms with Gasteiger partial charge in [0.15, 0.2) is 4.47 Å². The summed E-state index contributed by atoms with van der Waals surface area (Å²) in [5.74, 6) is 7.41. The number of aryl methyl sites for hydroxylation is 4. The summed E-state index contributed by atoms with van der Waals surface area (Å²) >= 11 is 20.3. The number of epoxide rings is 1. The number of ether oxygens (including phenoxy) is 1. The lowest BCUT2D eigenvalue weighted by Crippen LogP contribution is -2.39. The number of amides is 8. The van der Waals surface area contributed by atoms with Gasteiger partial charge in [0.25, 0.3) is 47.3 Å². The largest absolute Gasteiger partial charge is 0.393 e. The van der Waals surface area contributed by atoms with Crippen molar-refractivity contribution in [1.29, 1.82) is 0 Å². The van der Waals surface area contributed by atoms with E-state index in [1.54, 1.807) is 224 Å². The molecule has 5 aliphatic heterocycles. The zero-order valence-electron chi connectivity index (χ0n) is 78.5. The van der Waals surface area contributed by atoms with E-state index in [4.69, 9.17) is 44.9 Å². The van der Waals surface area contributed by atoms with Gasteiger partial charge in [-0.2, -0.15) is 0 Å². The lowest BCUT2D eigenvalue weighted by molar-refractivity contribution is 0.0527. The van der Waals surface area contributed by atoms with Crippen molar-refractivity contribution in [1.82, 2.24) is 78.0 Å². The number of carbonyl (C=O) groups is 8. The first kappa shape index (κ1) is 115. The Morgan fingerprint density at radius 2 is 0.741 bits per heavy atom. The number of thioether (sulfide) groups is 4. The first-order chi connectivity index (χ1) is 68.4. The number of hydrogen-bond acceptors (Lipinski definition) is 39. The van der Waals surface area contributed by atoms with Gasteiger partial charge < -0.3 is 41.7 Å². The number of rotatable bonds is 32. The van der Waals surface area contributed by atoms with Crippen molar-refractivity contribution in [3.8, 4) is 0 Å². The fourth-order valence-corrected chi connectivity index (χ4v) is 18.7. The van der Waals surface area contributed by atoms with Crippen LogP contribution in [0, 0.1) is 0 Å². The Kier molecular flexibility index (Phi) is 45.3. The van der Waals surface area contributed by atoms with Crippen LogP contribution in [0.25, 0.3) is 30.9 Å². The van der Waals surface area contributed by atoms with E-state index in [0.717, 1.165) is 65.9 Å². The number of imide groups is 4. The molecule has 0 aliphatic carbocycles. The Labute approximate surface area is 859 Å². The Balaban J connectivity index is 0.000000185. The van der Waals surface area contributed by atoms with Crippen LogP contribution in [0.15, 0.2) is 218 Å². The smallest absolute Gasteiger partial charge is 0.261 e. The zero-order chi connectivity index (χ0) is 104. The highest BCUT2D eigenvalue weighted by Gasteiger charge is 2.41. The highest BCUT2D eigenvalue weighted by molar-refractivity contribution is 7.99. The quantitative estimate of drug-likeness (QED) is 0.00218. The van der Waals surface area contributed by atoms with Crippen LogP contribution in [0.1, 0.15) is 131 Å². The van der Waals surface area contributed by atoms with Crippen molar-refractivity contribution >= 4 is 181 Å². The molecule has 6 aromatic heterocycles. The third-order valence-electron chi connectivity index (χ3n) is 21.1. The topological polar surface area (TPSA) is 620 Å². The number of carbonyl (C=O) groups excluding carboxylic acids is 8. The van der Waals surface area contributed by atoms with Gasteiger partial charge in [0.1, 0.15) is 17.5 Å². The highest BCUT2D eigenvalue weighted by atomic mass is 35.5. The maximum atomic E-state index is 12.3. The summed E-state index contributed by atoms with van der Waals surface area (Å²) in [6.07, 6.45) is 22.9. The Bertz CT molecular complexity index is 6530. The van der Waals surface area contributed by atoms with Gasteiger partial charge in [0, 0.05) is 141 Å². The van der Waals surface area contributed by atoms with Gasteiger partial charge in [-0.15, -0.1) is 69.7 Å². The number of halogens is 2. The fraction of sp³-hybridized carbons (Fsp3) is 0.326. The molecule has 143 heavy (non-hydrogen) atoms. The van der Waals surface area contributed by atoms with Gasteiger partial charge in [-0.1, -0.05) is 65.2 Å². The van der Waals surface area contributed by atoms with Crippen LogP contribution < -0.4 is 23.2 Å². The van der Waals surface area contributed by atoms with E-state index in [-0.39, 0.29) is 84.1 Å². The molecule has 0 bridgehead atoms. The number of aromatic nitrogens is 10. The zero-order valence-corrected chi connectivity index (χ0v) is 86.5. The maximum Gasteiger partial charge on any atom is 0.261 e. The van der Waals surface area contributed by atoms with Crippen LogP contribution in [0.4, 0.5) is 0 Å². The molecule has 0 spiro atoms. The number of azide groups is 1. The summed E-state index contributed by atoms with van der Waals surface area (Å²) in [5, 5.41) is 53.0. The second kappa shape index (κ2) is 56.2. The van der Waals surface area contributed by atoms with E-state index in [9.17, 15) is 80.7 Å². The minimum absolute atomic E-state index is 0.0186. The average molecular weight is 2150 g/mol. The molecule has 13 N–H and O–H groups in total. The third-order valence-corrected chi connectivity index (χ3v) is 29.8. The second-order valence-corrected chi connectivity index (χ2v) is 42.1. The molecule has 6 atom stereocenters. The Morgan fingerprint density at radius 3 is 1.07 bits per heavy atom. The number of hydrogen-bond donors (Lipinski definition) is 9. The van der Waals surface area contributed by atoms with Crippen LogP contribution in [-0.4, -0.2) is 310 Å². The molecule has 1 fully saturated rings. The highest BCUT2D eigenvalue weighted by Crippen LogP contribution is 2.33. The molecular formula is C92H105Cl2N23O18S8. The van der Waals surface area contributed by atoms with Crippen molar-refractivity contribution in [2.24, 2.45) is 28.3 Å². The molecule has 8 amide bonds. The van der Waals surface area contributed by atoms with Gasteiger partial charge in [0.05, 0.1) is 156 Å². The molecule has 0 saturated carbocycles. The average Bonchev–Trinajstić information content (AvgIpc) is 1.71. The second-order valence-electron chi connectivity index (χ2n) is 31.2. The molecule has 41 nitrogen and oxygen atoms in total. The SMILES string of the molecule is CN(C)S(=O)(=O)c1ccc2nc(Cl)sc2c1.CSc1cnc(CC[C@@H](O)CCc2nc3ccc(S(=O)(=O)N(C)C)cc3s2)nc1.CSc1cnc(CC[C@@H](O)CN)nc1.CSc1cnc(CC[C@@H](O)CN2C(=O)c3ccccc3C2=O)nc1.CSc1cnc(Cl)nc1.NC[C@@H](O)CN1C(=O)c2ccccc2C1=O.NN.O=C1c2ccccc2C(=O)N1C[C@@H]1CO1.[N-]=[N+]=NC[C@@H](O)CN1C(=O)c2ccccc2C1=O. The molecule has 17 rings (SSSR count). The van der Waals surface area contributed by atoms with Crippen LogP contribution >= 0.6 is 92.9 Å². The summed E-state index contributed by atoms with van der Waals surface area (Å²) in [4.78, 5) is 149. The van der Waals surface area contributed by atoms with Gasteiger partial charge in [-0.25, -0.2) is 75.3 Å². The fourth-order valence-electron chi connectivity index (χ4n) is 13.2. The van der Waals surface area contributed by atoms with E-state index < -0.39 is 62.4 Å². The van der Waals surface area contributed by atoms with Crippen molar-refractivity contribution in [2.45, 2.75) is 117 Å². The van der Waals surface area contributed by atoms with Crippen molar-refractivity contribution in [3.63, 3.8) is 0 Å². The number of sulfonamides is 2. The van der Waals surface area contributed by atoms with Crippen molar-refractivity contribution < 1.29 is 85.5 Å². The number of fused-ring (bicyclic) bond motifs is 6. The minimum atomic E-state index is -3.46. The van der Waals surface area contributed by atoms with Gasteiger partial charge >= 0.3 is 0 Å². The number of β-amino-alcohol motifs (C(OH)–C–C–N with tert-alkyl or cyclic N) is 3. The van der Waals surface area contributed by atoms with Crippen LogP contribution in [0.2, 0.25) is 9.75 Å². The molecular weight excluding hydrogens is 2040 g/mol. The van der Waals surface area contributed by atoms with E-state index in [1.807, 2.05) is 25.0 Å². The molecule has 51 heteroatoms. The summed E-state index contributed by atoms with van der Waals surface area (Å²) in [7, 11) is -0.825. The van der Waals surface area contributed by atoms with Crippen LogP contribution in [-0.2, 0) is 50.5 Å². The summed E-state index contributed by atoms with van der Waals surface area (Å²) in [5.41, 5.74) is 23.4. The van der Waals surface area contributed by atoms with Crippen molar-refractivity contribution in [3.05, 3.63) is 270 Å². The van der Waals surface area contributed by atoms with E-state index in [0.29, 0.717) is 137 Å². The summed E-state index contributed by atoms with van der Waals surface area (Å²) < 4.78 is 57.7. The normalized spacial score (nSPS) is 14.7. The molecule has 12 aromatic rings. The summed E-state index contributed by atoms with van der Waals surface area (Å²) in [6.45, 7) is 0.920. The molecule has 0 unspecified atom stereocenters. The third kappa shape index (κ3) is 32.6. The number of aliphatic hydroxyl groups is 5. The number of aliphatic hydroxyl groups excluding tert-OH is 5. The van der Waals surface area contributed by atoms with E-state index in [2.05, 4.69) is 71.6 Å². The first-order valence-electron chi connectivity index (χ1n) is 43.4. The lowest BCUT2D eigenvalue weighted by atomic mass is 10.1. The van der Waals surface area contributed by atoms with Gasteiger partial charge in [-0.3, -0.25) is 69.6 Å². The predicted molar refractivity (Wildman–Crippen MR) is 547 cm³/mol. The molecule has 5 aliphatic rings. The number of nitrogens with zero attached hydrogens (tertiary/aromatic N) is 19. The number of nitrogens with two attached hydrogens (primary N) is 4. The maximum absolute atomic E-state index is 12.3. The van der Waals surface area contributed by atoms with E-state index in [1.165, 1.54) is 70.4 Å². The van der Waals surface area contributed by atoms with E-state index >= 15 is 0 Å². The standard InChI is InChI=1S/C19H24N4O3S3.C17H17N3O3S.C11H10N4O3.C11H12N2O3.C11H9NO3.C9H9ClN2O2S2.C9H15N3OS.C5H5ClN2S.H4N2/c1-23(2)29(25,26)15-6-7-16-17(10-15)28-19(22-16)9-5-13(24)4-8-18-20-11-14(27-3)12-21-18;1-24-12-8-18-15(19-9-12)7-6-11(21)10-20-16(22)13-4-2-3-5-14(13)17(20)23;12-14-13-5-7(16)6-15-10(17)8-3-1-2-4-9(8)11(15)18;12-5-7(14)6-13-10(15)8-3-1-2-4-9(8)11(13)16;13-10-8-3-1-2-4-9(8)11(14)12(10)5-7-6-15-7;1-12(2)16(13,14)6-3-4-7-8(5-6)15-9(10)11-7;1-14-8-5-11-9(12-6-8)3-2-7(13)4-10;1-9-4-2-7-5(6)8-3-4;1-2/h6-7,10-13,24H,4-5,8-9H2,1-3H3;2-5,8-9,11,21H,6-7,10H2,1H3;1-4,7,16H,5-6H2;1-4,7,14H,5-6,12H2;1-4,7H,5-6H2;3-5H,1-2H3;5-7,13H,2-4,10H2,1H3;2-3H,1H3;1-2H2/t13-;11-;3*7-;;7-;;/m11111.1../s1. The predicted octanol–water partition coefficient (Wildman–Crippen LogP) is 9.33. The summed E-state index contributed by atoms with van der Waals surface area (Å²) in [6, 6.07) is 36.4. The lowest BCUT2D eigenvalue weighted by Gasteiger charge is -2.18. The Morgan fingerprint density at radius 1 is 0.441 bits per heavy atom. The molecule has 11 heterocycles. The monoisotopic (exact) mass is 2150 g/mol. The van der Waals surface area contributed by atoms with Gasteiger partial charge in [-0.05, 0) is 153 Å². The number of hydrazine groups is 1. The molecule has 758 valence electrons.